The first-order chi connectivity index (χ1) is 9.84. The van der Waals surface area contributed by atoms with Crippen molar-refractivity contribution < 1.29 is 18.3 Å². The molecule has 0 bridgehead atoms. The van der Waals surface area contributed by atoms with Gasteiger partial charge in [-0.3, -0.25) is 0 Å². The van der Waals surface area contributed by atoms with E-state index in [1.165, 1.54) is 12.1 Å². The van der Waals surface area contributed by atoms with Crippen molar-refractivity contribution in [1.82, 2.24) is 4.98 Å². The molecule has 0 saturated carbocycles. The van der Waals surface area contributed by atoms with E-state index in [0.29, 0.717) is 5.69 Å². The number of fused-ring (bicyclic) bond motifs is 1. The summed E-state index contributed by atoms with van der Waals surface area (Å²) in [5.74, 6) is 0.0715. The van der Waals surface area contributed by atoms with Gasteiger partial charge in [0.1, 0.15) is 0 Å². The van der Waals surface area contributed by atoms with E-state index in [1.807, 2.05) is 20.8 Å². The molecule has 112 valence electrons. The van der Waals surface area contributed by atoms with Gasteiger partial charge in [-0.1, -0.05) is 0 Å². The van der Waals surface area contributed by atoms with Crippen LogP contribution in [0.5, 0.6) is 11.5 Å². The minimum absolute atomic E-state index is 0.0309. The smallest absolute Gasteiger partial charge is 0.395 e. The summed E-state index contributed by atoms with van der Waals surface area (Å²) in [6, 6.07) is 4.61. The highest BCUT2D eigenvalue weighted by Crippen LogP contribution is 2.42. The number of aryl methyl sites for hydroxylation is 2. The monoisotopic (exact) mass is 312 g/mol. The van der Waals surface area contributed by atoms with E-state index < -0.39 is 6.29 Å². The maximum absolute atomic E-state index is 13.0. The van der Waals surface area contributed by atoms with Crippen molar-refractivity contribution in [3.63, 3.8) is 0 Å². The second kappa shape index (κ2) is 4.84. The van der Waals surface area contributed by atoms with E-state index in [4.69, 9.17) is 0 Å². The molecule has 2 aromatic rings. The van der Waals surface area contributed by atoms with Crippen molar-refractivity contribution in [2.45, 2.75) is 33.1 Å². The van der Waals surface area contributed by atoms with Crippen LogP contribution < -0.4 is 14.8 Å². The van der Waals surface area contributed by atoms with Crippen LogP contribution in [0.2, 0.25) is 0 Å². The number of hydrogen-bond acceptors (Lipinski definition) is 5. The van der Waals surface area contributed by atoms with Crippen LogP contribution in [0, 0.1) is 13.8 Å². The molecule has 1 aromatic heterocycles. The fraction of sp³-hybridized carbons (Fsp3) is 0.357. The molecular formula is C14H14F2N2O2S. The summed E-state index contributed by atoms with van der Waals surface area (Å²) in [4.78, 5) is 5.62. The summed E-state index contributed by atoms with van der Waals surface area (Å²) in [7, 11) is 0. The van der Waals surface area contributed by atoms with Crippen LogP contribution in [-0.2, 0) is 0 Å². The van der Waals surface area contributed by atoms with Crippen molar-refractivity contribution in [1.29, 1.82) is 0 Å². The summed E-state index contributed by atoms with van der Waals surface area (Å²) >= 11 is 1.63. The molecule has 1 N–H and O–H groups in total. The first-order valence-corrected chi connectivity index (χ1v) is 7.26. The summed E-state index contributed by atoms with van der Waals surface area (Å²) in [5.41, 5.74) is 1.63. The molecule has 0 amide bonds. The molecule has 7 heteroatoms. The topological polar surface area (TPSA) is 43.4 Å². The molecule has 1 atom stereocenters. The number of nitrogens with zero attached hydrogens (tertiary/aromatic N) is 1. The Morgan fingerprint density at radius 3 is 2.62 bits per heavy atom. The molecule has 0 saturated heterocycles. The minimum Gasteiger partial charge on any atom is -0.395 e. The standard InChI is InChI=1S/C14H14F2N2O2S/c1-7(13-8(2)21-9(3)18-13)17-10-4-5-11-12(6-10)20-14(15,16)19-11/h4-7,17H,1-3H3. The maximum Gasteiger partial charge on any atom is 0.586 e. The summed E-state index contributed by atoms with van der Waals surface area (Å²) < 4.78 is 34.8. The van der Waals surface area contributed by atoms with Gasteiger partial charge in [0.15, 0.2) is 11.5 Å². The second-order valence-electron chi connectivity index (χ2n) is 4.87. The lowest BCUT2D eigenvalue weighted by molar-refractivity contribution is -0.286. The van der Waals surface area contributed by atoms with E-state index in [9.17, 15) is 8.78 Å². The van der Waals surface area contributed by atoms with Crippen molar-refractivity contribution in [2.24, 2.45) is 0 Å². The van der Waals surface area contributed by atoms with Crippen LogP contribution in [0.15, 0.2) is 18.2 Å². The number of anilines is 1. The van der Waals surface area contributed by atoms with Gasteiger partial charge >= 0.3 is 6.29 Å². The fourth-order valence-corrected chi connectivity index (χ4v) is 3.22. The lowest BCUT2D eigenvalue weighted by Crippen LogP contribution is -2.25. The SMILES string of the molecule is Cc1nc(C(C)Nc2ccc3c(c2)OC(F)(F)O3)c(C)s1. The third-order valence-electron chi connectivity index (χ3n) is 3.13. The third-order valence-corrected chi connectivity index (χ3v) is 4.04. The fourth-order valence-electron chi connectivity index (χ4n) is 2.30. The largest absolute Gasteiger partial charge is 0.586 e. The van der Waals surface area contributed by atoms with Crippen LogP contribution in [0.1, 0.15) is 28.5 Å². The number of rotatable bonds is 3. The number of benzene rings is 1. The molecule has 0 aliphatic carbocycles. The van der Waals surface area contributed by atoms with Gasteiger partial charge in [0, 0.05) is 16.6 Å². The molecule has 1 aromatic carbocycles. The van der Waals surface area contributed by atoms with Crippen LogP contribution in [0.3, 0.4) is 0 Å². The Labute approximate surface area is 124 Å². The Morgan fingerprint density at radius 1 is 1.24 bits per heavy atom. The van der Waals surface area contributed by atoms with Gasteiger partial charge in [0.2, 0.25) is 0 Å². The summed E-state index contributed by atoms with van der Waals surface area (Å²) in [6.07, 6.45) is -3.59. The maximum atomic E-state index is 13.0. The first kappa shape index (κ1) is 14.1. The van der Waals surface area contributed by atoms with Gasteiger partial charge in [0.05, 0.1) is 16.7 Å². The number of halogens is 2. The van der Waals surface area contributed by atoms with Gasteiger partial charge in [0.25, 0.3) is 0 Å². The number of ether oxygens (including phenoxy) is 2. The average Bonchev–Trinajstić information content (AvgIpc) is 2.86. The van der Waals surface area contributed by atoms with Crippen LogP contribution >= 0.6 is 11.3 Å². The van der Waals surface area contributed by atoms with E-state index in [2.05, 4.69) is 19.8 Å². The zero-order chi connectivity index (χ0) is 15.2. The molecule has 0 spiro atoms. The zero-order valence-electron chi connectivity index (χ0n) is 11.7. The molecule has 4 nitrogen and oxygen atoms in total. The van der Waals surface area contributed by atoms with Gasteiger partial charge in [-0.25, -0.2) is 4.98 Å². The molecule has 1 unspecified atom stereocenters. The lowest BCUT2D eigenvalue weighted by atomic mass is 10.2. The van der Waals surface area contributed by atoms with E-state index in [1.54, 1.807) is 17.4 Å². The molecule has 21 heavy (non-hydrogen) atoms. The van der Waals surface area contributed by atoms with Crippen molar-refractivity contribution in [3.05, 3.63) is 33.8 Å². The number of aromatic nitrogens is 1. The van der Waals surface area contributed by atoms with Crippen molar-refractivity contribution in [2.75, 3.05) is 5.32 Å². The van der Waals surface area contributed by atoms with Gasteiger partial charge in [-0.2, -0.15) is 0 Å². The van der Waals surface area contributed by atoms with Crippen LogP contribution in [0.4, 0.5) is 14.5 Å². The Kier molecular flexibility index (Phi) is 3.24. The predicted molar refractivity (Wildman–Crippen MR) is 76.3 cm³/mol. The Bertz CT molecular complexity index is 688. The highest BCUT2D eigenvalue weighted by Gasteiger charge is 2.43. The zero-order valence-corrected chi connectivity index (χ0v) is 12.6. The predicted octanol–water partition coefficient (Wildman–Crippen LogP) is 4.25. The molecule has 3 rings (SSSR count). The molecule has 0 fully saturated rings. The Hall–Kier alpha value is -1.89. The number of hydrogen-bond donors (Lipinski definition) is 1. The normalized spacial score (nSPS) is 16.8. The van der Waals surface area contributed by atoms with Gasteiger partial charge in [-0.05, 0) is 32.9 Å². The Morgan fingerprint density at radius 2 is 1.95 bits per heavy atom. The molecule has 0 radical (unpaired) electrons. The van der Waals surface area contributed by atoms with Crippen LogP contribution in [-0.4, -0.2) is 11.3 Å². The highest BCUT2D eigenvalue weighted by atomic mass is 32.1. The molecular weight excluding hydrogens is 298 g/mol. The van der Waals surface area contributed by atoms with Gasteiger partial charge in [-0.15, -0.1) is 20.1 Å². The van der Waals surface area contributed by atoms with Crippen LogP contribution in [0.25, 0.3) is 0 Å². The summed E-state index contributed by atoms with van der Waals surface area (Å²) in [6.45, 7) is 5.94. The van der Waals surface area contributed by atoms with E-state index in [-0.39, 0.29) is 17.5 Å². The first-order valence-electron chi connectivity index (χ1n) is 6.44. The molecule has 1 aliphatic heterocycles. The quantitative estimate of drug-likeness (QED) is 0.920. The Balaban J connectivity index is 1.79. The number of nitrogens with one attached hydrogen (secondary N) is 1. The highest BCUT2D eigenvalue weighted by molar-refractivity contribution is 7.11. The van der Waals surface area contributed by atoms with E-state index >= 15 is 0 Å². The van der Waals surface area contributed by atoms with Crippen molar-refractivity contribution >= 4 is 17.0 Å². The number of thiazole rings is 1. The second-order valence-corrected chi connectivity index (χ2v) is 6.28. The number of alkyl halides is 2. The third kappa shape index (κ3) is 2.78. The molecule has 2 heterocycles. The molecule has 1 aliphatic rings. The minimum atomic E-state index is -3.59. The lowest BCUT2D eigenvalue weighted by Gasteiger charge is -2.14. The van der Waals surface area contributed by atoms with E-state index in [0.717, 1.165) is 15.6 Å². The average molecular weight is 312 g/mol. The van der Waals surface area contributed by atoms with Gasteiger partial charge < -0.3 is 14.8 Å². The summed E-state index contributed by atoms with van der Waals surface area (Å²) in [5, 5.41) is 4.23. The van der Waals surface area contributed by atoms with Crippen molar-refractivity contribution in [3.8, 4) is 11.5 Å².